The van der Waals surface area contributed by atoms with Crippen LogP contribution in [0.1, 0.15) is 51.2 Å². The minimum atomic E-state index is -4.52. The van der Waals surface area contributed by atoms with E-state index in [1.807, 2.05) is 43.3 Å². The van der Waals surface area contributed by atoms with Crippen molar-refractivity contribution in [2.24, 2.45) is 0 Å². The van der Waals surface area contributed by atoms with Crippen molar-refractivity contribution in [3.05, 3.63) is 112 Å². The summed E-state index contributed by atoms with van der Waals surface area (Å²) < 4.78 is 51.9. The number of aromatic carboxylic acids is 1. The van der Waals surface area contributed by atoms with Crippen molar-refractivity contribution in [2.75, 3.05) is 7.11 Å². The van der Waals surface area contributed by atoms with E-state index in [2.05, 4.69) is 0 Å². The summed E-state index contributed by atoms with van der Waals surface area (Å²) in [6, 6.07) is 21.2. The number of carbonyl (C=O) groups excluding carboxylic acids is 1. The molecule has 1 fully saturated rings. The Balaban J connectivity index is 1.52. The fourth-order valence-electron chi connectivity index (χ4n) is 5.53. The number of carboxylic acids is 1. The maximum Gasteiger partial charge on any atom is 0.416 e. The van der Waals surface area contributed by atoms with Gasteiger partial charge in [-0.3, -0.25) is 4.90 Å². The molecule has 0 unspecified atom stereocenters. The van der Waals surface area contributed by atoms with Gasteiger partial charge in [-0.25, -0.2) is 9.59 Å². The number of carbonyl (C=O) groups is 2. The van der Waals surface area contributed by atoms with Gasteiger partial charge in [0.25, 0.3) is 0 Å². The van der Waals surface area contributed by atoms with Crippen LogP contribution in [0.4, 0.5) is 18.0 Å². The summed E-state index contributed by atoms with van der Waals surface area (Å²) >= 11 is 0. The van der Waals surface area contributed by atoms with Gasteiger partial charge >= 0.3 is 18.2 Å². The molecule has 4 aromatic rings. The third-order valence-electron chi connectivity index (χ3n) is 7.68. The van der Waals surface area contributed by atoms with Gasteiger partial charge < -0.3 is 14.6 Å². The summed E-state index contributed by atoms with van der Waals surface area (Å²) in [5, 5.41) is 9.45. The molecule has 5 rings (SSSR count). The second-order valence-corrected chi connectivity index (χ2v) is 10.8. The first-order valence-electron chi connectivity index (χ1n) is 13.6. The minimum Gasteiger partial charge on any atom is -0.496 e. The minimum absolute atomic E-state index is 0.146. The molecule has 43 heavy (non-hydrogen) atoms. The Morgan fingerprint density at radius 2 is 1.67 bits per heavy atom. The number of nitrogens with zero attached hydrogens (tertiary/aromatic N) is 1. The maximum atomic E-state index is 13.5. The fourth-order valence-corrected chi connectivity index (χ4v) is 5.53. The van der Waals surface area contributed by atoms with Gasteiger partial charge in [0.2, 0.25) is 0 Å². The standard InChI is InChI=1S/C34H30F3NO5/c1-19-8-10-28(29-17-23(9-11-30(29)42-4)22-6-5-7-24(15-22)32(39)40)26(12-19)18-38-21(3)31(43-33(38)41)25-13-20(2)14-27(16-25)34(35,36)37/h5-17,21,31H,18H2,1-4H3,(H,39,40)/t21-,31-/m0/s1. The van der Waals surface area contributed by atoms with Crippen molar-refractivity contribution in [1.82, 2.24) is 4.90 Å². The topological polar surface area (TPSA) is 76.1 Å². The largest absolute Gasteiger partial charge is 0.496 e. The van der Waals surface area contributed by atoms with E-state index in [0.717, 1.165) is 39.9 Å². The van der Waals surface area contributed by atoms with Crippen molar-refractivity contribution in [3.63, 3.8) is 0 Å². The number of benzene rings is 4. The van der Waals surface area contributed by atoms with Crippen molar-refractivity contribution < 1.29 is 37.3 Å². The Morgan fingerprint density at radius 1 is 0.930 bits per heavy atom. The van der Waals surface area contributed by atoms with E-state index in [4.69, 9.17) is 9.47 Å². The van der Waals surface area contributed by atoms with Crippen molar-refractivity contribution in [3.8, 4) is 28.0 Å². The van der Waals surface area contributed by atoms with Gasteiger partial charge in [-0.2, -0.15) is 13.2 Å². The van der Waals surface area contributed by atoms with E-state index in [1.54, 1.807) is 45.2 Å². The van der Waals surface area contributed by atoms with E-state index in [0.29, 0.717) is 16.9 Å². The van der Waals surface area contributed by atoms with Gasteiger partial charge in [0.05, 0.1) is 30.8 Å². The number of methoxy groups -OCH3 is 1. The SMILES string of the molecule is COc1ccc(-c2cccc(C(=O)O)c2)cc1-c1ccc(C)cc1CN1C(=O)O[C@H](c2cc(C)cc(C(F)(F)F)c2)[C@@H]1C. The van der Waals surface area contributed by atoms with Crippen LogP contribution < -0.4 is 4.74 Å². The number of carboxylic acid groups (broad SMARTS) is 1. The summed E-state index contributed by atoms with van der Waals surface area (Å²) in [6.07, 6.45) is -6.02. The molecule has 0 aliphatic carbocycles. The summed E-state index contributed by atoms with van der Waals surface area (Å²) in [4.78, 5) is 26.2. The highest BCUT2D eigenvalue weighted by molar-refractivity contribution is 5.90. The molecule has 9 heteroatoms. The molecule has 1 amide bonds. The smallest absolute Gasteiger partial charge is 0.416 e. The van der Waals surface area contributed by atoms with Crippen molar-refractivity contribution in [2.45, 2.75) is 45.6 Å². The van der Waals surface area contributed by atoms with E-state index in [9.17, 15) is 27.9 Å². The molecule has 0 aromatic heterocycles. The van der Waals surface area contributed by atoms with E-state index in [-0.39, 0.29) is 17.7 Å². The highest BCUT2D eigenvalue weighted by Gasteiger charge is 2.41. The average Bonchev–Trinajstić information content (AvgIpc) is 3.24. The molecular formula is C34H30F3NO5. The molecule has 1 aliphatic heterocycles. The number of aryl methyl sites for hydroxylation is 2. The van der Waals surface area contributed by atoms with Crippen LogP contribution >= 0.6 is 0 Å². The highest BCUT2D eigenvalue weighted by atomic mass is 19.4. The zero-order chi connectivity index (χ0) is 31.1. The normalized spacial score (nSPS) is 16.7. The maximum absolute atomic E-state index is 13.5. The third kappa shape index (κ3) is 6.07. The van der Waals surface area contributed by atoms with Gasteiger partial charge in [0.15, 0.2) is 0 Å². The van der Waals surface area contributed by atoms with E-state index in [1.165, 1.54) is 11.0 Å². The monoisotopic (exact) mass is 589 g/mol. The number of cyclic esters (lactones) is 1. The number of rotatable bonds is 7. The first kappa shape index (κ1) is 29.7. The molecule has 0 bridgehead atoms. The Hall–Kier alpha value is -4.79. The number of amides is 1. The summed E-state index contributed by atoms with van der Waals surface area (Å²) in [5.41, 5.74) is 4.86. The molecule has 2 atom stereocenters. The molecule has 1 heterocycles. The predicted molar refractivity (Wildman–Crippen MR) is 156 cm³/mol. The van der Waals surface area contributed by atoms with Gasteiger partial charge in [-0.1, -0.05) is 53.6 Å². The van der Waals surface area contributed by atoms with Crippen LogP contribution in [-0.4, -0.2) is 35.2 Å². The van der Waals surface area contributed by atoms with E-state index >= 15 is 0 Å². The lowest BCUT2D eigenvalue weighted by atomic mass is 9.93. The third-order valence-corrected chi connectivity index (χ3v) is 7.68. The lowest BCUT2D eigenvalue weighted by Crippen LogP contribution is -2.31. The molecule has 222 valence electrons. The first-order valence-corrected chi connectivity index (χ1v) is 13.6. The predicted octanol–water partition coefficient (Wildman–Crippen LogP) is 8.45. The summed E-state index contributed by atoms with van der Waals surface area (Å²) in [5.74, 6) is -0.445. The van der Waals surface area contributed by atoms with Gasteiger partial charge in [-0.05, 0) is 85.0 Å². The average molecular weight is 590 g/mol. The Kier molecular flexibility index (Phi) is 7.92. The van der Waals surface area contributed by atoms with E-state index < -0.39 is 35.9 Å². The van der Waals surface area contributed by atoms with Crippen LogP contribution in [-0.2, 0) is 17.5 Å². The number of ether oxygens (including phenoxy) is 2. The number of alkyl halides is 3. The lowest BCUT2D eigenvalue weighted by molar-refractivity contribution is -0.137. The molecule has 0 radical (unpaired) electrons. The number of hydrogen-bond acceptors (Lipinski definition) is 4. The second-order valence-electron chi connectivity index (χ2n) is 10.8. The molecule has 4 aromatic carbocycles. The molecule has 0 spiro atoms. The van der Waals surface area contributed by atoms with Crippen LogP contribution in [0.2, 0.25) is 0 Å². The molecule has 6 nitrogen and oxygen atoms in total. The van der Waals surface area contributed by atoms with Crippen molar-refractivity contribution >= 4 is 12.1 Å². The molecule has 1 saturated heterocycles. The highest BCUT2D eigenvalue weighted by Crippen LogP contribution is 2.40. The van der Waals surface area contributed by atoms with Gasteiger partial charge in [0.1, 0.15) is 11.9 Å². The van der Waals surface area contributed by atoms with Crippen LogP contribution in [0.3, 0.4) is 0 Å². The van der Waals surface area contributed by atoms with Gasteiger partial charge in [0, 0.05) is 5.56 Å². The molecule has 1 N–H and O–H groups in total. The lowest BCUT2D eigenvalue weighted by Gasteiger charge is -2.24. The molecular weight excluding hydrogens is 559 g/mol. The van der Waals surface area contributed by atoms with Gasteiger partial charge in [-0.15, -0.1) is 0 Å². The fraction of sp³-hybridized carbons (Fsp3) is 0.235. The number of halogens is 3. The Morgan fingerprint density at radius 3 is 2.37 bits per heavy atom. The van der Waals surface area contributed by atoms with Crippen LogP contribution in [0.25, 0.3) is 22.3 Å². The zero-order valence-electron chi connectivity index (χ0n) is 24.0. The first-order chi connectivity index (χ1) is 20.3. The van der Waals surface area contributed by atoms with Crippen LogP contribution in [0, 0.1) is 13.8 Å². The van der Waals surface area contributed by atoms with Crippen LogP contribution in [0.5, 0.6) is 5.75 Å². The molecule has 1 aliphatic rings. The Bertz CT molecular complexity index is 1720. The van der Waals surface area contributed by atoms with Crippen LogP contribution in [0.15, 0.2) is 78.9 Å². The summed E-state index contributed by atoms with van der Waals surface area (Å²) in [6.45, 7) is 5.42. The second kappa shape index (κ2) is 11.5. The zero-order valence-corrected chi connectivity index (χ0v) is 24.0. The molecule has 0 saturated carbocycles. The quantitative estimate of drug-likeness (QED) is 0.234. The summed E-state index contributed by atoms with van der Waals surface area (Å²) in [7, 11) is 1.55. The number of hydrogen-bond donors (Lipinski definition) is 1. The van der Waals surface area contributed by atoms with Crippen molar-refractivity contribution in [1.29, 1.82) is 0 Å². The Labute approximate surface area is 247 Å².